The minimum atomic E-state index is -1.16. The lowest BCUT2D eigenvalue weighted by molar-refractivity contribution is -0.235. The summed E-state index contributed by atoms with van der Waals surface area (Å²) >= 11 is 1.77. The highest BCUT2D eigenvalue weighted by Crippen LogP contribution is 2.77. The molecule has 5 aliphatic carbocycles. The van der Waals surface area contributed by atoms with Crippen LogP contribution in [0.5, 0.6) is 0 Å². The van der Waals surface area contributed by atoms with Gasteiger partial charge in [0.2, 0.25) is 0 Å². The maximum atomic E-state index is 14.0. The van der Waals surface area contributed by atoms with Crippen LogP contribution in [0.1, 0.15) is 131 Å². The van der Waals surface area contributed by atoms with Gasteiger partial charge in [0.15, 0.2) is 5.78 Å². The molecule has 1 aromatic heterocycles. The minimum Gasteiger partial charge on any atom is -0.481 e. The largest absolute Gasteiger partial charge is 0.481 e. The second-order valence-electron chi connectivity index (χ2n) is 19.6. The number of fused-ring (bicyclic) bond motifs is 7. The number of Topliss-reactive ketones (excluding diaryl/α,β-unsaturated/α-hetero) is 1. The summed E-state index contributed by atoms with van der Waals surface area (Å²) in [5.41, 5.74) is 0.612. The smallest absolute Gasteiger partial charge is 0.309 e. The van der Waals surface area contributed by atoms with Gasteiger partial charge in [-0.1, -0.05) is 60.1 Å². The molecule has 3 N–H and O–H groups in total. The first-order valence-corrected chi connectivity index (χ1v) is 20.7. The number of esters is 1. The molecule has 9 atom stereocenters. The van der Waals surface area contributed by atoms with Crippen LogP contribution >= 0.6 is 11.3 Å². The Balaban J connectivity index is 1.25. The van der Waals surface area contributed by atoms with E-state index in [1.54, 1.807) is 25.2 Å². The second-order valence-corrected chi connectivity index (χ2v) is 20.6. The van der Waals surface area contributed by atoms with E-state index in [0.29, 0.717) is 24.8 Å². The SMILES string of the molecule is CC(C)C1=C2C3CC[C@@H]4C5(C)CC[C@H](OC(=O)CC(C)(C)C(=O)O)C(C)(C)[C@@H]5CC[C@@]4(C)[C@]3(C)CC[C@@]2([C@H](O)CNCCc2cccs2)CC1=O. The monoisotopic (exact) mass is 723 g/mol. The molecule has 0 amide bonds. The highest BCUT2D eigenvalue weighted by molar-refractivity contribution is 7.09. The van der Waals surface area contributed by atoms with E-state index < -0.39 is 28.9 Å². The zero-order valence-corrected chi connectivity index (χ0v) is 33.6. The first-order chi connectivity index (χ1) is 23.7. The van der Waals surface area contributed by atoms with Gasteiger partial charge in [0.25, 0.3) is 0 Å². The fourth-order valence-corrected chi connectivity index (χ4v) is 13.7. The molecular formula is C43H65NO6S. The molecular weight excluding hydrogens is 659 g/mol. The van der Waals surface area contributed by atoms with Gasteiger partial charge >= 0.3 is 11.9 Å². The van der Waals surface area contributed by atoms with Crippen LogP contribution < -0.4 is 5.32 Å². The van der Waals surface area contributed by atoms with E-state index >= 15 is 0 Å². The molecule has 5 aliphatic rings. The molecule has 1 heterocycles. The predicted molar refractivity (Wildman–Crippen MR) is 202 cm³/mol. The van der Waals surface area contributed by atoms with Gasteiger partial charge < -0.3 is 20.3 Å². The van der Waals surface area contributed by atoms with Crippen molar-refractivity contribution in [3.8, 4) is 0 Å². The zero-order chi connectivity index (χ0) is 37.4. The van der Waals surface area contributed by atoms with Gasteiger partial charge in [-0.25, -0.2) is 0 Å². The average molecular weight is 724 g/mol. The van der Waals surface area contributed by atoms with Gasteiger partial charge in [-0.05, 0) is 129 Å². The maximum absolute atomic E-state index is 14.0. The Morgan fingerprint density at radius 2 is 1.73 bits per heavy atom. The number of carboxylic acids is 1. The van der Waals surface area contributed by atoms with E-state index in [4.69, 9.17) is 4.74 Å². The molecule has 2 unspecified atom stereocenters. The maximum Gasteiger partial charge on any atom is 0.309 e. The Kier molecular flexibility index (Phi) is 10.1. The number of allylic oxidation sites excluding steroid dienone is 1. The lowest BCUT2D eigenvalue weighted by atomic mass is 9.33. The first-order valence-electron chi connectivity index (χ1n) is 19.9. The number of carboxylic acid groups (broad SMARTS) is 1. The lowest BCUT2D eigenvalue weighted by Gasteiger charge is -2.72. The number of hydrogen-bond donors (Lipinski definition) is 3. The minimum absolute atomic E-state index is 0.00960. The number of aliphatic hydroxyl groups excluding tert-OH is 1. The van der Waals surface area contributed by atoms with Crippen LogP contribution in [-0.2, 0) is 25.5 Å². The van der Waals surface area contributed by atoms with Crippen LogP contribution in [0.3, 0.4) is 0 Å². The van der Waals surface area contributed by atoms with Gasteiger partial charge in [-0.3, -0.25) is 14.4 Å². The second kappa shape index (κ2) is 13.4. The highest BCUT2D eigenvalue weighted by Gasteiger charge is 2.70. The predicted octanol–water partition coefficient (Wildman–Crippen LogP) is 8.63. The third-order valence-corrected chi connectivity index (χ3v) is 16.9. The number of carbonyl (C=O) groups excluding carboxylic acids is 2. The molecule has 0 saturated heterocycles. The molecule has 1 aromatic rings. The number of ether oxygens (including phenoxy) is 1. The van der Waals surface area contributed by atoms with Gasteiger partial charge in [0.1, 0.15) is 6.10 Å². The number of nitrogens with one attached hydrogen (secondary N) is 1. The van der Waals surface area contributed by atoms with E-state index in [1.165, 1.54) is 10.5 Å². The number of rotatable bonds is 11. The number of aliphatic hydroxyl groups is 1. The van der Waals surface area contributed by atoms with Crippen molar-refractivity contribution >= 4 is 29.1 Å². The number of carbonyl (C=O) groups is 3. The fourth-order valence-electron chi connectivity index (χ4n) is 13.0. The molecule has 6 rings (SSSR count). The fraction of sp³-hybridized carbons (Fsp3) is 0.791. The number of ketones is 1. The molecule has 0 spiro atoms. The van der Waals surface area contributed by atoms with Crippen LogP contribution in [0.4, 0.5) is 0 Å². The van der Waals surface area contributed by atoms with Crippen molar-refractivity contribution in [1.82, 2.24) is 5.32 Å². The molecule has 7 nitrogen and oxygen atoms in total. The Hall–Kier alpha value is -2.03. The number of thiophene rings is 1. The van der Waals surface area contributed by atoms with Crippen LogP contribution in [0.25, 0.3) is 0 Å². The topological polar surface area (TPSA) is 113 Å². The van der Waals surface area contributed by atoms with Crippen LogP contribution in [-0.4, -0.2) is 53.2 Å². The van der Waals surface area contributed by atoms with Crippen molar-refractivity contribution in [3.05, 3.63) is 33.5 Å². The lowest BCUT2D eigenvalue weighted by Crippen LogP contribution is -2.66. The molecule has 4 fully saturated rings. The van der Waals surface area contributed by atoms with Gasteiger partial charge in [0.05, 0.1) is 17.9 Å². The summed E-state index contributed by atoms with van der Waals surface area (Å²) in [6.07, 6.45) is 8.37. The van der Waals surface area contributed by atoms with Crippen molar-refractivity contribution in [2.75, 3.05) is 13.1 Å². The molecule has 284 valence electrons. The summed E-state index contributed by atoms with van der Waals surface area (Å²) in [4.78, 5) is 40.1. The van der Waals surface area contributed by atoms with Crippen LogP contribution in [0, 0.1) is 56.2 Å². The van der Waals surface area contributed by atoms with Gasteiger partial charge in [-0.15, -0.1) is 11.3 Å². The molecule has 0 aromatic carbocycles. The Morgan fingerprint density at radius 3 is 2.37 bits per heavy atom. The van der Waals surface area contributed by atoms with Crippen molar-refractivity contribution in [2.24, 2.45) is 56.2 Å². The molecule has 8 heteroatoms. The van der Waals surface area contributed by atoms with E-state index in [2.05, 4.69) is 71.3 Å². The standard InChI is InChI=1S/C43H65NO6S/c1-26(2)35-29(45)23-43(32(46)25-44-21-16-27-11-10-22-51-27)20-19-41(8)28(36(35)43)12-13-31-40(7)17-15-33(50-34(47)24-38(3,4)37(48)49)39(5,6)30(40)14-18-42(31,41)9/h10-11,22,26,28,30-33,44,46H,12-21,23-25H2,1-9H3,(H,48,49)/t28?,30-,31+,32+,33-,40?,41+,42+,43-/m0/s1. The quantitative estimate of drug-likeness (QED) is 0.155. The van der Waals surface area contributed by atoms with Gasteiger partial charge in [-0.2, -0.15) is 0 Å². The normalized spacial score (nSPS) is 38.1. The highest BCUT2D eigenvalue weighted by atomic mass is 32.1. The summed E-state index contributed by atoms with van der Waals surface area (Å²) in [7, 11) is 0. The van der Waals surface area contributed by atoms with Crippen molar-refractivity contribution < 1.29 is 29.3 Å². The van der Waals surface area contributed by atoms with E-state index in [9.17, 15) is 24.6 Å². The molecule has 0 radical (unpaired) electrons. The van der Waals surface area contributed by atoms with Crippen molar-refractivity contribution in [1.29, 1.82) is 0 Å². The van der Waals surface area contributed by atoms with Crippen molar-refractivity contribution in [2.45, 2.75) is 145 Å². The van der Waals surface area contributed by atoms with Crippen molar-refractivity contribution in [3.63, 3.8) is 0 Å². The van der Waals surface area contributed by atoms with Crippen LogP contribution in [0.15, 0.2) is 28.7 Å². The van der Waals surface area contributed by atoms with E-state index in [1.807, 2.05) is 0 Å². The summed E-state index contributed by atoms with van der Waals surface area (Å²) in [5.74, 6) is 0.151. The van der Waals surface area contributed by atoms with Gasteiger partial charge in [0, 0.05) is 35.2 Å². The summed E-state index contributed by atoms with van der Waals surface area (Å²) < 4.78 is 6.16. The average Bonchev–Trinajstić information content (AvgIpc) is 3.66. The Labute approximate surface area is 310 Å². The first kappa shape index (κ1) is 38.7. The van der Waals surface area contributed by atoms with E-state index in [0.717, 1.165) is 69.9 Å². The molecule has 4 saturated carbocycles. The number of aliphatic carboxylic acids is 1. The Morgan fingerprint density at radius 1 is 1.00 bits per heavy atom. The zero-order valence-electron chi connectivity index (χ0n) is 32.8. The third kappa shape index (κ3) is 6.09. The Bertz CT molecular complexity index is 1540. The molecule has 0 aliphatic heterocycles. The molecule has 0 bridgehead atoms. The van der Waals surface area contributed by atoms with E-state index in [-0.39, 0.29) is 51.8 Å². The summed E-state index contributed by atoms with van der Waals surface area (Å²) in [6.45, 7) is 21.0. The van der Waals surface area contributed by atoms with Crippen LogP contribution in [0.2, 0.25) is 0 Å². The number of hydrogen-bond acceptors (Lipinski definition) is 7. The third-order valence-electron chi connectivity index (χ3n) is 16.0. The summed E-state index contributed by atoms with van der Waals surface area (Å²) in [5, 5.41) is 27.4. The summed E-state index contributed by atoms with van der Waals surface area (Å²) in [6, 6.07) is 4.24. The molecule has 51 heavy (non-hydrogen) atoms.